The van der Waals surface area contributed by atoms with E-state index in [0.29, 0.717) is 10.9 Å². The molecule has 2 aromatic carbocycles. The van der Waals surface area contributed by atoms with Crippen molar-refractivity contribution in [2.45, 2.75) is 31.7 Å². The number of carbonyl (C=O) groups excluding carboxylic acids is 1. The van der Waals surface area contributed by atoms with Gasteiger partial charge < -0.3 is 9.30 Å². The van der Waals surface area contributed by atoms with E-state index in [1.807, 2.05) is 67.2 Å². The van der Waals surface area contributed by atoms with Crippen LogP contribution in [0.2, 0.25) is 0 Å². The van der Waals surface area contributed by atoms with Crippen LogP contribution in [-0.2, 0) is 17.6 Å². The molecule has 170 valence electrons. The number of ether oxygens (including phenoxy) is 1. The maximum atomic E-state index is 12.5. The third-order valence-corrected chi connectivity index (χ3v) is 7.10. The second kappa shape index (κ2) is 9.76. The largest absolute Gasteiger partial charge is 0.496 e. The Morgan fingerprint density at radius 3 is 2.70 bits per heavy atom. The van der Waals surface area contributed by atoms with Gasteiger partial charge in [0, 0.05) is 25.1 Å². The minimum absolute atomic E-state index is 0.0646. The molecule has 2 aromatic heterocycles. The van der Waals surface area contributed by atoms with Gasteiger partial charge in [-0.2, -0.15) is 0 Å². The van der Waals surface area contributed by atoms with E-state index in [1.54, 1.807) is 30.7 Å². The van der Waals surface area contributed by atoms with Gasteiger partial charge in [-0.25, -0.2) is 4.98 Å². The van der Waals surface area contributed by atoms with E-state index in [0.717, 1.165) is 44.8 Å². The zero-order chi connectivity index (χ0) is 23.5. The van der Waals surface area contributed by atoms with Crippen LogP contribution in [0.3, 0.4) is 0 Å². The SMILES string of the molecule is COc1ccccc1-c1nnc(SCc2csc(N(C(C)=O)c3ccc(C)cc3C)n2)n1C. The molecule has 0 bridgehead atoms. The molecule has 33 heavy (non-hydrogen) atoms. The number of carbonyl (C=O) groups is 1. The number of nitrogens with zero attached hydrogens (tertiary/aromatic N) is 5. The summed E-state index contributed by atoms with van der Waals surface area (Å²) < 4.78 is 7.41. The first-order valence-corrected chi connectivity index (χ1v) is 12.2. The van der Waals surface area contributed by atoms with Crippen molar-refractivity contribution >= 4 is 39.8 Å². The van der Waals surface area contributed by atoms with Crippen molar-refractivity contribution in [3.05, 3.63) is 64.7 Å². The molecule has 0 fully saturated rings. The highest BCUT2D eigenvalue weighted by molar-refractivity contribution is 7.98. The first-order chi connectivity index (χ1) is 15.9. The second-order valence-electron chi connectivity index (χ2n) is 7.62. The van der Waals surface area contributed by atoms with E-state index in [2.05, 4.69) is 16.3 Å². The molecule has 0 N–H and O–H groups in total. The Hall–Kier alpha value is -3.17. The molecule has 0 unspecified atom stereocenters. The molecule has 0 spiro atoms. The van der Waals surface area contributed by atoms with Crippen molar-refractivity contribution in [3.8, 4) is 17.1 Å². The zero-order valence-corrected chi connectivity index (χ0v) is 20.8. The lowest BCUT2D eigenvalue weighted by Gasteiger charge is -2.20. The summed E-state index contributed by atoms with van der Waals surface area (Å²) in [6.45, 7) is 5.61. The van der Waals surface area contributed by atoms with E-state index in [-0.39, 0.29) is 5.91 Å². The first-order valence-electron chi connectivity index (χ1n) is 10.4. The van der Waals surface area contributed by atoms with Crippen molar-refractivity contribution in [3.63, 3.8) is 0 Å². The van der Waals surface area contributed by atoms with Gasteiger partial charge in [-0.3, -0.25) is 9.69 Å². The molecule has 0 aliphatic heterocycles. The minimum atomic E-state index is -0.0646. The predicted molar refractivity (Wildman–Crippen MR) is 133 cm³/mol. The number of aryl methyl sites for hydroxylation is 2. The molecule has 0 aliphatic rings. The summed E-state index contributed by atoms with van der Waals surface area (Å²) in [6.07, 6.45) is 0. The van der Waals surface area contributed by atoms with Gasteiger partial charge in [0.2, 0.25) is 5.91 Å². The normalized spacial score (nSPS) is 10.9. The molecule has 0 saturated carbocycles. The van der Waals surface area contributed by atoms with E-state index in [1.165, 1.54) is 11.3 Å². The van der Waals surface area contributed by atoms with Crippen molar-refractivity contribution in [2.24, 2.45) is 7.05 Å². The molecule has 7 nitrogen and oxygen atoms in total. The second-order valence-corrected chi connectivity index (χ2v) is 9.40. The van der Waals surface area contributed by atoms with Gasteiger partial charge in [0.1, 0.15) is 5.75 Å². The third kappa shape index (κ3) is 4.79. The standard InChI is InChI=1S/C24H25N5O2S2/c1-15-10-11-20(16(2)12-15)29(17(3)30)23-25-18(13-32-23)14-33-24-27-26-22(28(24)4)19-8-6-7-9-21(19)31-5/h6-13H,14H2,1-5H3. The zero-order valence-electron chi connectivity index (χ0n) is 19.2. The summed E-state index contributed by atoms with van der Waals surface area (Å²) in [5.74, 6) is 2.05. The van der Waals surface area contributed by atoms with Crippen molar-refractivity contribution in [2.75, 3.05) is 12.0 Å². The maximum Gasteiger partial charge on any atom is 0.230 e. The fraction of sp³-hybridized carbons (Fsp3) is 0.250. The number of aromatic nitrogens is 4. The quantitative estimate of drug-likeness (QED) is 0.324. The number of thiazole rings is 1. The molecule has 0 aliphatic carbocycles. The van der Waals surface area contributed by atoms with E-state index < -0.39 is 0 Å². The molecule has 0 atom stereocenters. The highest BCUT2D eigenvalue weighted by atomic mass is 32.2. The van der Waals surface area contributed by atoms with E-state index >= 15 is 0 Å². The molecular weight excluding hydrogens is 454 g/mol. The summed E-state index contributed by atoms with van der Waals surface area (Å²) in [5.41, 5.74) is 4.84. The van der Waals surface area contributed by atoms with E-state index in [9.17, 15) is 4.79 Å². The number of methoxy groups -OCH3 is 1. The summed E-state index contributed by atoms with van der Waals surface area (Å²) in [5, 5.41) is 12.1. The first kappa shape index (κ1) is 23.0. The number of thioether (sulfide) groups is 1. The number of hydrogen-bond acceptors (Lipinski definition) is 7. The van der Waals surface area contributed by atoms with Crippen LogP contribution in [0.4, 0.5) is 10.8 Å². The number of anilines is 2. The van der Waals surface area contributed by atoms with Crippen LogP contribution in [0, 0.1) is 13.8 Å². The molecule has 1 amide bonds. The summed E-state index contributed by atoms with van der Waals surface area (Å²) in [7, 11) is 3.58. The van der Waals surface area contributed by atoms with Gasteiger partial charge in [-0.15, -0.1) is 21.5 Å². The lowest BCUT2D eigenvalue weighted by molar-refractivity contribution is -0.115. The molecule has 4 aromatic rings. The smallest absolute Gasteiger partial charge is 0.230 e. The van der Waals surface area contributed by atoms with Crippen molar-refractivity contribution in [1.82, 2.24) is 19.7 Å². The lowest BCUT2D eigenvalue weighted by atomic mass is 10.1. The van der Waals surface area contributed by atoms with Crippen molar-refractivity contribution < 1.29 is 9.53 Å². The summed E-state index contributed by atoms with van der Waals surface area (Å²) in [4.78, 5) is 18.9. The molecule has 2 heterocycles. The Bertz CT molecular complexity index is 1300. The number of para-hydroxylation sites is 1. The van der Waals surface area contributed by atoms with Gasteiger partial charge in [0.15, 0.2) is 16.1 Å². The van der Waals surface area contributed by atoms with E-state index in [4.69, 9.17) is 9.72 Å². The molecule has 4 rings (SSSR count). The van der Waals surface area contributed by atoms with Gasteiger partial charge in [-0.05, 0) is 37.6 Å². The highest BCUT2D eigenvalue weighted by Crippen LogP contribution is 2.34. The Labute approximate surface area is 201 Å². The number of benzene rings is 2. The predicted octanol–water partition coefficient (Wildman–Crippen LogP) is 5.54. The van der Waals surface area contributed by atoms with Crippen LogP contribution >= 0.6 is 23.1 Å². The minimum Gasteiger partial charge on any atom is -0.496 e. The van der Waals surface area contributed by atoms with Crippen LogP contribution in [0.25, 0.3) is 11.4 Å². The number of rotatable bonds is 7. The highest BCUT2D eigenvalue weighted by Gasteiger charge is 2.20. The van der Waals surface area contributed by atoms with Crippen LogP contribution in [0.5, 0.6) is 5.75 Å². The molecular formula is C24H25N5O2S2. The lowest BCUT2D eigenvalue weighted by Crippen LogP contribution is -2.23. The van der Waals surface area contributed by atoms with Crippen LogP contribution in [-0.4, -0.2) is 32.8 Å². The van der Waals surface area contributed by atoms with Crippen LogP contribution < -0.4 is 9.64 Å². The van der Waals surface area contributed by atoms with Gasteiger partial charge in [0.25, 0.3) is 0 Å². The Kier molecular flexibility index (Phi) is 6.80. The average Bonchev–Trinajstić information content (AvgIpc) is 3.40. The fourth-order valence-electron chi connectivity index (χ4n) is 3.57. The number of amides is 1. The molecule has 9 heteroatoms. The maximum absolute atomic E-state index is 12.5. The van der Waals surface area contributed by atoms with Gasteiger partial charge in [0.05, 0.1) is 24.1 Å². The van der Waals surface area contributed by atoms with Crippen LogP contribution in [0.15, 0.2) is 53.0 Å². The summed E-state index contributed by atoms with van der Waals surface area (Å²) in [6, 6.07) is 13.8. The molecule has 0 radical (unpaired) electrons. The van der Waals surface area contributed by atoms with Crippen molar-refractivity contribution in [1.29, 1.82) is 0 Å². The molecule has 0 saturated heterocycles. The Morgan fingerprint density at radius 2 is 1.97 bits per heavy atom. The third-order valence-electron chi connectivity index (χ3n) is 5.17. The van der Waals surface area contributed by atoms with Gasteiger partial charge >= 0.3 is 0 Å². The topological polar surface area (TPSA) is 73.1 Å². The number of hydrogen-bond donors (Lipinski definition) is 0. The Morgan fingerprint density at radius 1 is 1.18 bits per heavy atom. The average molecular weight is 480 g/mol. The van der Waals surface area contributed by atoms with Crippen LogP contribution in [0.1, 0.15) is 23.7 Å². The summed E-state index contributed by atoms with van der Waals surface area (Å²) >= 11 is 3.01. The fourth-order valence-corrected chi connectivity index (χ4v) is 5.36. The van der Waals surface area contributed by atoms with Gasteiger partial charge in [-0.1, -0.05) is 41.6 Å². The monoisotopic (exact) mass is 479 g/mol. The Balaban J connectivity index is 1.53.